The molecule has 1 aromatic rings. The summed E-state index contributed by atoms with van der Waals surface area (Å²) in [6.45, 7) is 6.25. The third kappa shape index (κ3) is 3.30. The van der Waals surface area contributed by atoms with Crippen LogP contribution in [0.15, 0.2) is 42.1 Å². The Morgan fingerprint density at radius 3 is 2.80 bits per heavy atom. The monoisotopic (exact) mass is 269 g/mol. The van der Waals surface area contributed by atoms with Crippen molar-refractivity contribution < 1.29 is 0 Å². The van der Waals surface area contributed by atoms with Crippen LogP contribution in [-0.4, -0.2) is 25.7 Å². The van der Waals surface area contributed by atoms with E-state index in [2.05, 4.69) is 59.4 Å². The Labute approximate surface area is 121 Å². The summed E-state index contributed by atoms with van der Waals surface area (Å²) < 4.78 is 0. The molecule has 0 bridgehead atoms. The molecule has 0 aliphatic carbocycles. The van der Waals surface area contributed by atoms with Gasteiger partial charge in [0.05, 0.1) is 0 Å². The molecule has 1 fully saturated rings. The average molecular weight is 269 g/mol. The van der Waals surface area contributed by atoms with E-state index in [1.54, 1.807) is 0 Å². The predicted octanol–water partition coefficient (Wildman–Crippen LogP) is 2.03. The van der Waals surface area contributed by atoms with Gasteiger partial charge in [-0.1, -0.05) is 30.3 Å². The number of nitrogens with one attached hydrogen (secondary N) is 3. The minimum Gasteiger partial charge on any atom is -0.387 e. The molecule has 3 heteroatoms. The van der Waals surface area contributed by atoms with Gasteiger partial charge in [-0.05, 0) is 48.4 Å². The molecule has 0 spiro atoms. The number of benzene rings is 1. The maximum absolute atomic E-state index is 3.61. The molecule has 2 aliphatic rings. The first-order chi connectivity index (χ1) is 9.81. The molecule has 0 saturated carbocycles. The van der Waals surface area contributed by atoms with Crippen molar-refractivity contribution in [3.63, 3.8) is 0 Å². The number of rotatable bonds is 4. The average Bonchev–Trinajstić information content (AvgIpc) is 2.99. The molecule has 1 unspecified atom stereocenters. The maximum atomic E-state index is 3.61. The van der Waals surface area contributed by atoms with Crippen molar-refractivity contribution in [3.8, 4) is 0 Å². The highest BCUT2D eigenvalue weighted by Crippen LogP contribution is 2.19. The highest BCUT2D eigenvalue weighted by Gasteiger charge is 2.13. The van der Waals surface area contributed by atoms with Crippen LogP contribution in [0.25, 0.3) is 5.57 Å². The molecule has 0 aromatic heterocycles. The van der Waals surface area contributed by atoms with E-state index in [0.29, 0.717) is 6.04 Å². The molecule has 1 aromatic carbocycles. The second kappa shape index (κ2) is 6.25. The fraction of sp³-hybridized carbons (Fsp3) is 0.412. The highest BCUT2D eigenvalue weighted by atomic mass is 15.0. The Morgan fingerprint density at radius 2 is 2.10 bits per heavy atom. The van der Waals surface area contributed by atoms with Gasteiger partial charge >= 0.3 is 0 Å². The molecular formula is C17H23N3. The third-order valence-electron chi connectivity index (χ3n) is 4.00. The van der Waals surface area contributed by atoms with Crippen LogP contribution in [0.2, 0.25) is 0 Å². The summed E-state index contributed by atoms with van der Waals surface area (Å²) in [6, 6.07) is 9.57. The van der Waals surface area contributed by atoms with Crippen molar-refractivity contribution in [3.05, 3.63) is 53.2 Å². The maximum Gasteiger partial charge on any atom is 0.0401 e. The number of allylic oxidation sites excluding steroid dienone is 2. The van der Waals surface area contributed by atoms with E-state index in [-0.39, 0.29) is 0 Å². The Kier molecular flexibility index (Phi) is 4.19. The lowest BCUT2D eigenvalue weighted by Crippen LogP contribution is -2.30. The molecule has 106 valence electrons. The van der Waals surface area contributed by atoms with E-state index < -0.39 is 0 Å². The minimum atomic E-state index is 0.632. The summed E-state index contributed by atoms with van der Waals surface area (Å²) in [5.41, 5.74) is 5.32. The zero-order valence-corrected chi connectivity index (χ0v) is 12.1. The van der Waals surface area contributed by atoms with Crippen molar-refractivity contribution >= 4 is 5.57 Å². The molecular weight excluding hydrogens is 246 g/mol. The smallest absolute Gasteiger partial charge is 0.0401 e. The molecule has 3 N–H and O–H groups in total. The van der Waals surface area contributed by atoms with E-state index >= 15 is 0 Å². The van der Waals surface area contributed by atoms with Crippen molar-refractivity contribution in [1.29, 1.82) is 0 Å². The van der Waals surface area contributed by atoms with Crippen molar-refractivity contribution in [2.24, 2.45) is 0 Å². The van der Waals surface area contributed by atoms with E-state index in [1.807, 2.05) is 0 Å². The molecule has 3 nitrogen and oxygen atoms in total. The molecule has 0 radical (unpaired) electrons. The summed E-state index contributed by atoms with van der Waals surface area (Å²) in [5.74, 6) is 0. The van der Waals surface area contributed by atoms with Crippen LogP contribution < -0.4 is 16.0 Å². The van der Waals surface area contributed by atoms with Gasteiger partial charge in [0, 0.05) is 25.7 Å². The lowest BCUT2D eigenvalue weighted by atomic mass is 10.0. The van der Waals surface area contributed by atoms with Gasteiger partial charge in [0.15, 0.2) is 0 Å². The van der Waals surface area contributed by atoms with Crippen LogP contribution in [0.3, 0.4) is 0 Å². The largest absolute Gasteiger partial charge is 0.387 e. The van der Waals surface area contributed by atoms with Gasteiger partial charge in [-0.2, -0.15) is 0 Å². The van der Waals surface area contributed by atoms with Gasteiger partial charge < -0.3 is 16.0 Å². The van der Waals surface area contributed by atoms with Crippen molar-refractivity contribution in [2.75, 3.05) is 19.6 Å². The first-order valence-corrected chi connectivity index (χ1v) is 7.45. The van der Waals surface area contributed by atoms with Crippen molar-refractivity contribution in [1.82, 2.24) is 16.0 Å². The summed E-state index contributed by atoms with van der Waals surface area (Å²) in [7, 11) is 0. The number of hydrogen-bond acceptors (Lipinski definition) is 3. The molecule has 20 heavy (non-hydrogen) atoms. The zero-order chi connectivity index (χ0) is 13.8. The van der Waals surface area contributed by atoms with Gasteiger partial charge in [0.1, 0.15) is 0 Å². The first-order valence-electron chi connectivity index (χ1n) is 7.45. The van der Waals surface area contributed by atoms with Crippen molar-refractivity contribution in [2.45, 2.75) is 25.9 Å². The van der Waals surface area contributed by atoms with Crippen LogP contribution >= 0.6 is 0 Å². The summed E-state index contributed by atoms with van der Waals surface area (Å²) in [4.78, 5) is 0. The van der Waals surface area contributed by atoms with Crippen LogP contribution in [-0.2, 0) is 6.54 Å². The van der Waals surface area contributed by atoms with Crippen LogP contribution in [0.4, 0.5) is 0 Å². The lowest BCUT2D eigenvalue weighted by Gasteiger charge is -2.15. The van der Waals surface area contributed by atoms with Gasteiger partial charge in [-0.25, -0.2) is 0 Å². The zero-order valence-electron chi connectivity index (χ0n) is 12.1. The van der Waals surface area contributed by atoms with E-state index in [1.165, 1.54) is 28.7 Å². The standard InChI is InChI=1S/C17H23N3/c1-13-8-16(11-19-9-13)15-4-2-14(3-5-15)10-20-17-6-7-18-12-17/h2-5,8-9,17-20H,6-7,10-12H2,1H3. The highest BCUT2D eigenvalue weighted by molar-refractivity contribution is 5.70. The van der Waals surface area contributed by atoms with E-state index in [0.717, 1.165) is 26.2 Å². The molecule has 2 aliphatic heterocycles. The van der Waals surface area contributed by atoms with E-state index in [4.69, 9.17) is 0 Å². The Balaban J connectivity index is 1.61. The lowest BCUT2D eigenvalue weighted by molar-refractivity contribution is 0.547. The second-order valence-corrected chi connectivity index (χ2v) is 5.71. The van der Waals surface area contributed by atoms with E-state index in [9.17, 15) is 0 Å². The summed E-state index contributed by atoms with van der Waals surface area (Å²) in [6.07, 6.45) is 5.56. The molecule has 1 atom stereocenters. The topological polar surface area (TPSA) is 36.1 Å². The molecule has 2 heterocycles. The minimum absolute atomic E-state index is 0.632. The quantitative estimate of drug-likeness (QED) is 0.783. The van der Waals surface area contributed by atoms with Crippen LogP contribution in [0.5, 0.6) is 0 Å². The Bertz CT molecular complexity index is 508. The fourth-order valence-electron chi connectivity index (χ4n) is 2.80. The normalized spacial score (nSPS) is 22.1. The Morgan fingerprint density at radius 1 is 1.25 bits per heavy atom. The SMILES string of the molecule is CC1=CNCC(c2ccc(CNC3CCNC3)cc2)=C1. The summed E-state index contributed by atoms with van der Waals surface area (Å²) in [5, 5.41) is 10.3. The van der Waals surface area contributed by atoms with Gasteiger partial charge in [0.25, 0.3) is 0 Å². The predicted molar refractivity (Wildman–Crippen MR) is 84.3 cm³/mol. The third-order valence-corrected chi connectivity index (χ3v) is 4.00. The molecule has 1 saturated heterocycles. The fourth-order valence-corrected chi connectivity index (χ4v) is 2.80. The van der Waals surface area contributed by atoms with Crippen LogP contribution in [0, 0.1) is 0 Å². The van der Waals surface area contributed by atoms with Gasteiger partial charge in [0.2, 0.25) is 0 Å². The second-order valence-electron chi connectivity index (χ2n) is 5.71. The summed E-state index contributed by atoms with van der Waals surface area (Å²) >= 11 is 0. The number of hydrogen-bond donors (Lipinski definition) is 3. The van der Waals surface area contributed by atoms with Gasteiger partial charge in [-0.3, -0.25) is 0 Å². The molecule has 3 rings (SSSR count). The van der Waals surface area contributed by atoms with Gasteiger partial charge in [-0.15, -0.1) is 0 Å². The molecule has 0 amide bonds. The Hall–Kier alpha value is -1.58. The van der Waals surface area contributed by atoms with Crippen LogP contribution in [0.1, 0.15) is 24.5 Å². The number of dihydropyridines is 1. The first kappa shape index (κ1) is 13.4.